The Hall–Kier alpha value is -0.860. The van der Waals surface area contributed by atoms with Gasteiger partial charge in [-0.15, -0.1) is 0 Å². The molecule has 0 fully saturated rings. The van der Waals surface area contributed by atoms with Gasteiger partial charge < -0.3 is 4.74 Å². The average Bonchev–Trinajstić information content (AvgIpc) is 2.30. The fourth-order valence-electron chi connectivity index (χ4n) is 1.26. The van der Waals surface area contributed by atoms with Crippen LogP contribution in [0.2, 0.25) is 0 Å². The highest BCUT2D eigenvalue weighted by Gasteiger charge is 2.11. The van der Waals surface area contributed by atoms with Crippen LogP contribution in [0.3, 0.4) is 0 Å². The maximum atomic E-state index is 11.2. The quantitative estimate of drug-likeness (QED) is 0.624. The molecule has 0 aliphatic carbocycles. The van der Waals surface area contributed by atoms with E-state index in [-0.39, 0.29) is 12.4 Å². The van der Waals surface area contributed by atoms with Gasteiger partial charge in [-0.05, 0) is 39.2 Å². The van der Waals surface area contributed by atoms with Crippen molar-refractivity contribution in [1.82, 2.24) is 0 Å². The first kappa shape index (κ1) is 13.2. The topological polar surface area (TPSA) is 50.1 Å². The standard InChI is InChI=1S/C11H9Br2NO2/c1-16-11(15)4-7-2-9(6-14)10(13)3-8(7)5-12/h2-3H,4-5H2,1H3. The van der Waals surface area contributed by atoms with E-state index >= 15 is 0 Å². The molecule has 0 aromatic heterocycles. The number of nitrogens with zero attached hydrogens (tertiary/aromatic N) is 1. The molecule has 0 atom stereocenters. The summed E-state index contributed by atoms with van der Waals surface area (Å²) in [7, 11) is 1.35. The van der Waals surface area contributed by atoms with Crippen molar-refractivity contribution >= 4 is 37.8 Å². The van der Waals surface area contributed by atoms with Gasteiger partial charge >= 0.3 is 5.97 Å². The first-order chi connectivity index (χ1) is 7.62. The maximum Gasteiger partial charge on any atom is 0.309 e. The summed E-state index contributed by atoms with van der Waals surface area (Å²) in [6.45, 7) is 0. The number of rotatable bonds is 3. The third-order valence-electron chi connectivity index (χ3n) is 2.12. The van der Waals surface area contributed by atoms with Crippen molar-refractivity contribution in [3.63, 3.8) is 0 Å². The van der Waals surface area contributed by atoms with E-state index < -0.39 is 0 Å². The molecule has 0 radical (unpaired) electrons. The van der Waals surface area contributed by atoms with Gasteiger partial charge in [-0.2, -0.15) is 5.26 Å². The van der Waals surface area contributed by atoms with Gasteiger partial charge in [-0.25, -0.2) is 0 Å². The van der Waals surface area contributed by atoms with Crippen LogP contribution in [0.15, 0.2) is 16.6 Å². The van der Waals surface area contributed by atoms with Crippen LogP contribution in [0, 0.1) is 11.3 Å². The van der Waals surface area contributed by atoms with E-state index in [1.807, 2.05) is 6.07 Å². The molecule has 0 aliphatic rings. The lowest BCUT2D eigenvalue weighted by Gasteiger charge is -2.08. The van der Waals surface area contributed by atoms with Gasteiger partial charge in [0, 0.05) is 9.80 Å². The van der Waals surface area contributed by atoms with Gasteiger partial charge in [-0.3, -0.25) is 4.79 Å². The molecule has 0 saturated carbocycles. The van der Waals surface area contributed by atoms with Crippen molar-refractivity contribution in [3.8, 4) is 6.07 Å². The molecule has 1 aromatic rings. The van der Waals surface area contributed by atoms with Crippen molar-refractivity contribution in [2.45, 2.75) is 11.8 Å². The van der Waals surface area contributed by atoms with E-state index in [0.717, 1.165) is 15.6 Å². The van der Waals surface area contributed by atoms with Crippen molar-refractivity contribution in [2.75, 3.05) is 7.11 Å². The van der Waals surface area contributed by atoms with Gasteiger partial charge in [0.05, 0.1) is 19.1 Å². The molecule has 0 N–H and O–H groups in total. The number of methoxy groups -OCH3 is 1. The summed E-state index contributed by atoms with van der Waals surface area (Å²) in [5.74, 6) is -0.312. The Balaban J connectivity index is 3.15. The van der Waals surface area contributed by atoms with Crippen molar-refractivity contribution in [1.29, 1.82) is 5.26 Å². The Morgan fingerprint density at radius 1 is 1.50 bits per heavy atom. The number of carbonyl (C=O) groups is 1. The van der Waals surface area contributed by atoms with E-state index in [1.54, 1.807) is 6.07 Å². The molecule has 1 aromatic carbocycles. The number of nitriles is 1. The average molecular weight is 347 g/mol. The molecular weight excluding hydrogens is 338 g/mol. The summed E-state index contributed by atoms with van der Waals surface area (Å²) < 4.78 is 5.34. The Labute approximate surface area is 111 Å². The molecule has 3 nitrogen and oxygen atoms in total. The molecule has 0 saturated heterocycles. The Kier molecular flexibility index (Phi) is 4.97. The van der Waals surface area contributed by atoms with Gasteiger partial charge in [0.1, 0.15) is 6.07 Å². The molecule has 0 unspecified atom stereocenters. The summed E-state index contributed by atoms with van der Waals surface area (Å²) in [6, 6.07) is 5.61. The predicted molar refractivity (Wildman–Crippen MR) is 67.2 cm³/mol. The third kappa shape index (κ3) is 3.06. The van der Waals surface area contributed by atoms with Crippen LogP contribution in [0.1, 0.15) is 16.7 Å². The molecule has 0 aliphatic heterocycles. The number of ether oxygens (including phenoxy) is 1. The second-order valence-electron chi connectivity index (χ2n) is 3.10. The molecule has 0 amide bonds. The normalized spacial score (nSPS) is 9.62. The Morgan fingerprint density at radius 2 is 2.19 bits per heavy atom. The van der Waals surface area contributed by atoms with Crippen LogP contribution < -0.4 is 0 Å². The van der Waals surface area contributed by atoms with Crippen LogP contribution >= 0.6 is 31.9 Å². The zero-order chi connectivity index (χ0) is 12.1. The summed E-state index contributed by atoms with van der Waals surface area (Å²) in [6.07, 6.45) is 0.180. The summed E-state index contributed by atoms with van der Waals surface area (Å²) >= 11 is 6.65. The van der Waals surface area contributed by atoms with Gasteiger partial charge in [0.15, 0.2) is 0 Å². The molecular formula is C11H9Br2NO2. The summed E-state index contributed by atoms with van der Waals surface area (Å²) in [5, 5.41) is 9.52. The first-order valence-electron chi connectivity index (χ1n) is 4.46. The van der Waals surface area contributed by atoms with Crippen molar-refractivity contribution < 1.29 is 9.53 Å². The first-order valence-corrected chi connectivity index (χ1v) is 6.38. The van der Waals surface area contributed by atoms with E-state index in [9.17, 15) is 4.79 Å². The molecule has 16 heavy (non-hydrogen) atoms. The molecule has 0 heterocycles. The summed E-state index contributed by atoms with van der Waals surface area (Å²) in [4.78, 5) is 11.2. The number of esters is 1. The van der Waals surface area contributed by atoms with Crippen LogP contribution in [0.25, 0.3) is 0 Å². The zero-order valence-electron chi connectivity index (χ0n) is 8.59. The van der Waals surface area contributed by atoms with E-state index in [4.69, 9.17) is 5.26 Å². The van der Waals surface area contributed by atoms with Crippen LogP contribution in [0.4, 0.5) is 0 Å². The number of hydrogen-bond acceptors (Lipinski definition) is 3. The number of halogens is 2. The lowest BCUT2D eigenvalue weighted by molar-refractivity contribution is -0.139. The van der Waals surface area contributed by atoms with Crippen molar-refractivity contribution in [3.05, 3.63) is 33.3 Å². The largest absolute Gasteiger partial charge is 0.469 e. The Morgan fingerprint density at radius 3 is 2.69 bits per heavy atom. The minimum atomic E-state index is -0.312. The monoisotopic (exact) mass is 345 g/mol. The number of alkyl halides is 1. The highest BCUT2D eigenvalue weighted by molar-refractivity contribution is 9.10. The fraction of sp³-hybridized carbons (Fsp3) is 0.273. The van der Waals surface area contributed by atoms with Crippen LogP contribution in [-0.2, 0) is 21.3 Å². The SMILES string of the molecule is COC(=O)Cc1cc(C#N)c(Br)cc1CBr. The zero-order valence-corrected chi connectivity index (χ0v) is 11.8. The second-order valence-corrected chi connectivity index (χ2v) is 4.51. The molecule has 84 valence electrons. The molecule has 0 spiro atoms. The number of hydrogen-bond donors (Lipinski definition) is 0. The fourth-order valence-corrected chi connectivity index (χ4v) is 2.26. The number of benzene rings is 1. The van der Waals surface area contributed by atoms with Crippen molar-refractivity contribution in [2.24, 2.45) is 0 Å². The molecule has 0 bridgehead atoms. The second kappa shape index (κ2) is 6.02. The smallest absolute Gasteiger partial charge is 0.309 e. The summed E-state index contributed by atoms with van der Waals surface area (Å²) in [5.41, 5.74) is 2.29. The van der Waals surface area contributed by atoms with Crippen LogP contribution in [-0.4, -0.2) is 13.1 Å². The van der Waals surface area contributed by atoms with E-state index in [2.05, 4.69) is 42.7 Å². The van der Waals surface area contributed by atoms with Crippen LogP contribution in [0.5, 0.6) is 0 Å². The van der Waals surface area contributed by atoms with Gasteiger partial charge in [0.25, 0.3) is 0 Å². The lowest BCUT2D eigenvalue weighted by atomic mass is 10.0. The highest BCUT2D eigenvalue weighted by atomic mass is 79.9. The van der Waals surface area contributed by atoms with E-state index in [0.29, 0.717) is 10.9 Å². The van der Waals surface area contributed by atoms with Gasteiger partial charge in [0.2, 0.25) is 0 Å². The van der Waals surface area contributed by atoms with E-state index in [1.165, 1.54) is 7.11 Å². The predicted octanol–water partition coefficient (Wildman–Crippen LogP) is 2.93. The molecule has 1 rings (SSSR count). The lowest BCUT2D eigenvalue weighted by Crippen LogP contribution is -2.07. The highest BCUT2D eigenvalue weighted by Crippen LogP contribution is 2.24. The minimum Gasteiger partial charge on any atom is -0.469 e. The number of carbonyl (C=O) groups excluding carboxylic acids is 1. The molecule has 5 heteroatoms. The minimum absolute atomic E-state index is 0.180. The third-order valence-corrected chi connectivity index (χ3v) is 3.38. The Bertz CT molecular complexity index is 452. The maximum absolute atomic E-state index is 11.2. The van der Waals surface area contributed by atoms with Gasteiger partial charge in [-0.1, -0.05) is 15.9 Å².